The lowest BCUT2D eigenvalue weighted by molar-refractivity contribution is 0.415. The Morgan fingerprint density at radius 2 is 1.83 bits per heavy atom. The topological polar surface area (TPSA) is 37.0 Å². The van der Waals surface area contributed by atoms with Crippen LogP contribution < -0.4 is 10.1 Å². The van der Waals surface area contributed by atoms with Gasteiger partial charge in [-0.3, -0.25) is 0 Å². The van der Waals surface area contributed by atoms with Crippen molar-refractivity contribution in [2.45, 2.75) is 12.5 Å². The minimum atomic E-state index is 0.130. The van der Waals surface area contributed by atoms with Crippen molar-refractivity contribution in [2.75, 3.05) is 13.7 Å². The summed E-state index contributed by atoms with van der Waals surface area (Å²) in [4.78, 5) is 3.58. The maximum absolute atomic E-state index is 6.42. The Kier molecular flexibility index (Phi) is 4.05. The molecule has 0 fully saturated rings. The molecule has 0 spiro atoms. The molecule has 2 aromatic carbocycles. The highest BCUT2D eigenvalue weighted by atomic mass is 35.5. The number of halogens is 1. The van der Waals surface area contributed by atoms with Crippen molar-refractivity contribution in [1.29, 1.82) is 0 Å². The fourth-order valence-electron chi connectivity index (χ4n) is 3.34. The molecule has 0 radical (unpaired) electrons. The smallest absolute Gasteiger partial charge is 0.118 e. The molecule has 2 N–H and O–H groups in total. The number of hydrogen-bond acceptors (Lipinski definition) is 2. The van der Waals surface area contributed by atoms with Crippen LogP contribution >= 0.6 is 11.6 Å². The van der Waals surface area contributed by atoms with Crippen LogP contribution in [0.3, 0.4) is 0 Å². The molecule has 1 atom stereocenters. The lowest BCUT2D eigenvalue weighted by Gasteiger charge is -2.25. The molecule has 1 aliphatic rings. The molecule has 0 saturated heterocycles. The third-order valence-corrected chi connectivity index (χ3v) is 4.93. The number of fused-ring (bicyclic) bond motifs is 1. The first-order chi connectivity index (χ1) is 11.8. The van der Waals surface area contributed by atoms with Gasteiger partial charge in [0, 0.05) is 29.4 Å². The van der Waals surface area contributed by atoms with Crippen LogP contribution in [0.15, 0.2) is 54.6 Å². The Morgan fingerprint density at radius 1 is 1.04 bits per heavy atom. The van der Waals surface area contributed by atoms with Crippen LogP contribution in [0.5, 0.6) is 5.75 Å². The number of ether oxygens (including phenoxy) is 1. The Labute approximate surface area is 146 Å². The second-order valence-electron chi connectivity index (χ2n) is 6.00. The first-order valence-corrected chi connectivity index (χ1v) is 8.48. The molecule has 122 valence electrons. The highest BCUT2D eigenvalue weighted by Gasteiger charge is 2.25. The minimum Gasteiger partial charge on any atom is -0.497 e. The van der Waals surface area contributed by atoms with E-state index >= 15 is 0 Å². The third-order valence-electron chi connectivity index (χ3n) is 4.59. The fourth-order valence-corrected chi connectivity index (χ4v) is 3.59. The summed E-state index contributed by atoms with van der Waals surface area (Å²) in [5.74, 6) is 0.866. The molecule has 0 bridgehead atoms. The second kappa shape index (κ2) is 6.34. The van der Waals surface area contributed by atoms with Gasteiger partial charge in [-0.05, 0) is 53.1 Å². The van der Waals surface area contributed by atoms with Gasteiger partial charge >= 0.3 is 0 Å². The maximum Gasteiger partial charge on any atom is 0.118 e. The monoisotopic (exact) mass is 338 g/mol. The molecule has 24 heavy (non-hydrogen) atoms. The van der Waals surface area contributed by atoms with E-state index < -0.39 is 0 Å². The van der Waals surface area contributed by atoms with Gasteiger partial charge in [0.2, 0.25) is 0 Å². The van der Waals surface area contributed by atoms with Gasteiger partial charge in [-0.2, -0.15) is 0 Å². The summed E-state index contributed by atoms with van der Waals surface area (Å²) in [5, 5.41) is 4.39. The molecule has 0 saturated carbocycles. The standard InChI is InChI=1S/C20H19ClN2O/c1-24-14-8-6-13(7-9-14)19-12-16-18(23-19)10-11-22-20(16)15-4-2-3-5-17(15)21/h2-9,12,20,22-23H,10-11H2,1H3. The average Bonchev–Trinajstić information content (AvgIpc) is 3.06. The SMILES string of the molecule is COc1ccc(-c2cc3c([nH]2)CCNC3c2ccccc2Cl)cc1. The van der Waals surface area contributed by atoms with Crippen LogP contribution in [0.1, 0.15) is 22.9 Å². The number of aromatic nitrogens is 1. The van der Waals surface area contributed by atoms with Gasteiger partial charge in [0.05, 0.1) is 13.2 Å². The molecular weight excluding hydrogens is 320 g/mol. The van der Waals surface area contributed by atoms with Gasteiger partial charge in [-0.15, -0.1) is 0 Å². The van der Waals surface area contributed by atoms with Gasteiger partial charge < -0.3 is 15.0 Å². The van der Waals surface area contributed by atoms with Crippen LogP contribution in [0.2, 0.25) is 5.02 Å². The largest absolute Gasteiger partial charge is 0.497 e. The average molecular weight is 339 g/mol. The summed E-state index contributed by atoms with van der Waals surface area (Å²) < 4.78 is 5.24. The summed E-state index contributed by atoms with van der Waals surface area (Å²) in [6.07, 6.45) is 0.993. The normalized spacial score (nSPS) is 16.7. The molecule has 4 heteroatoms. The summed E-state index contributed by atoms with van der Waals surface area (Å²) in [6, 6.07) is 18.5. The van der Waals surface area contributed by atoms with E-state index in [2.05, 4.69) is 34.6 Å². The van der Waals surface area contributed by atoms with E-state index in [1.807, 2.05) is 30.3 Å². The molecule has 3 aromatic rings. The number of hydrogen-bond donors (Lipinski definition) is 2. The van der Waals surface area contributed by atoms with E-state index in [0.717, 1.165) is 40.6 Å². The third kappa shape index (κ3) is 2.70. The van der Waals surface area contributed by atoms with Crippen molar-refractivity contribution < 1.29 is 4.74 Å². The zero-order chi connectivity index (χ0) is 16.5. The number of H-pyrrole nitrogens is 1. The Bertz CT molecular complexity index is 854. The first-order valence-electron chi connectivity index (χ1n) is 8.10. The van der Waals surface area contributed by atoms with Crippen molar-refractivity contribution in [1.82, 2.24) is 10.3 Å². The quantitative estimate of drug-likeness (QED) is 0.733. The lowest BCUT2D eigenvalue weighted by atomic mass is 9.94. The van der Waals surface area contributed by atoms with Crippen molar-refractivity contribution in [3.8, 4) is 17.0 Å². The predicted molar refractivity (Wildman–Crippen MR) is 97.8 cm³/mol. The van der Waals surface area contributed by atoms with Crippen molar-refractivity contribution in [2.24, 2.45) is 0 Å². The maximum atomic E-state index is 6.42. The van der Waals surface area contributed by atoms with E-state index in [-0.39, 0.29) is 6.04 Å². The zero-order valence-corrected chi connectivity index (χ0v) is 14.2. The zero-order valence-electron chi connectivity index (χ0n) is 13.5. The molecule has 3 nitrogen and oxygen atoms in total. The Balaban J connectivity index is 1.73. The second-order valence-corrected chi connectivity index (χ2v) is 6.41. The number of methoxy groups -OCH3 is 1. The summed E-state index contributed by atoms with van der Waals surface area (Å²) in [6.45, 7) is 0.936. The van der Waals surface area contributed by atoms with Crippen LogP contribution in [0.25, 0.3) is 11.3 Å². The molecule has 1 unspecified atom stereocenters. The molecule has 4 rings (SSSR count). The Morgan fingerprint density at radius 3 is 2.58 bits per heavy atom. The van der Waals surface area contributed by atoms with Crippen molar-refractivity contribution in [3.63, 3.8) is 0 Å². The molecule has 2 heterocycles. The number of aromatic amines is 1. The number of nitrogens with one attached hydrogen (secondary N) is 2. The number of benzene rings is 2. The van der Waals surface area contributed by atoms with E-state index in [1.165, 1.54) is 11.3 Å². The van der Waals surface area contributed by atoms with Gasteiger partial charge in [-0.1, -0.05) is 29.8 Å². The predicted octanol–water partition coefficient (Wildman–Crippen LogP) is 4.58. The molecule has 1 aliphatic heterocycles. The first kappa shape index (κ1) is 15.3. The molecule has 0 aliphatic carbocycles. The van der Waals surface area contributed by atoms with Crippen LogP contribution in [0, 0.1) is 0 Å². The van der Waals surface area contributed by atoms with Gasteiger partial charge in [0.15, 0.2) is 0 Å². The summed E-state index contributed by atoms with van der Waals surface area (Å²) in [7, 11) is 1.68. The molecule has 1 aromatic heterocycles. The van der Waals surface area contributed by atoms with Crippen LogP contribution in [0.4, 0.5) is 0 Å². The van der Waals surface area contributed by atoms with Crippen molar-refractivity contribution >= 4 is 11.6 Å². The van der Waals surface area contributed by atoms with Crippen molar-refractivity contribution in [3.05, 3.63) is 76.4 Å². The fraction of sp³-hybridized carbons (Fsp3) is 0.200. The van der Waals surface area contributed by atoms with Gasteiger partial charge in [0.25, 0.3) is 0 Å². The lowest BCUT2D eigenvalue weighted by Crippen LogP contribution is -2.30. The summed E-state index contributed by atoms with van der Waals surface area (Å²) >= 11 is 6.42. The van der Waals surface area contributed by atoms with E-state index in [9.17, 15) is 0 Å². The summed E-state index contributed by atoms with van der Waals surface area (Å²) in [5.41, 5.74) is 5.97. The molecular formula is C20H19ClN2O. The Hall–Kier alpha value is -2.23. The van der Waals surface area contributed by atoms with E-state index in [4.69, 9.17) is 16.3 Å². The minimum absolute atomic E-state index is 0.130. The van der Waals surface area contributed by atoms with Gasteiger partial charge in [-0.25, -0.2) is 0 Å². The number of rotatable bonds is 3. The van der Waals surface area contributed by atoms with Crippen LogP contribution in [-0.2, 0) is 6.42 Å². The van der Waals surface area contributed by atoms with E-state index in [1.54, 1.807) is 7.11 Å². The van der Waals surface area contributed by atoms with Crippen LogP contribution in [-0.4, -0.2) is 18.6 Å². The highest BCUT2D eigenvalue weighted by molar-refractivity contribution is 6.31. The van der Waals surface area contributed by atoms with E-state index in [0.29, 0.717) is 0 Å². The highest BCUT2D eigenvalue weighted by Crippen LogP contribution is 2.35. The molecule has 0 amide bonds. The van der Waals surface area contributed by atoms with Gasteiger partial charge in [0.1, 0.15) is 5.75 Å².